The predicted octanol–water partition coefficient (Wildman–Crippen LogP) is 15.2. The highest BCUT2D eigenvalue weighted by molar-refractivity contribution is 7.26. The number of fused-ring (bicyclic) bond motifs is 9. The molecule has 0 amide bonds. The van der Waals surface area contributed by atoms with Crippen molar-refractivity contribution < 1.29 is 0 Å². The van der Waals surface area contributed by atoms with Gasteiger partial charge in [-0.25, -0.2) is 0 Å². The van der Waals surface area contributed by atoms with Gasteiger partial charge in [0.1, 0.15) is 0 Å². The molecule has 0 bridgehead atoms. The fourth-order valence-corrected chi connectivity index (χ4v) is 10.3. The highest BCUT2D eigenvalue weighted by atomic mass is 32.1. The van der Waals surface area contributed by atoms with Crippen molar-refractivity contribution in [3.8, 4) is 44.8 Å². The van der Waals surface area contributed by atoms with Crippen LogP contribution in [0.3, 0.4) is 0 Å². The van der Waals surface area contributed by atoms with Crippen LogP contribution in [-0.2, 0) is 0 Å². The Morgan fingerprint density at radius 1 is 0.281 bits per heavy atom. The normalized spacial score (nSPS) is 11.9. The zero-order valence-electron chi connectivity index (χ0n) is 30.9. The van der Waals surface area contributed by atoms with Gasteiger partial charge in [0.25, 0.3) is 0 Å². The monoisotopic (exact) mass is 742 g/mol. The molecule has 0 aliphatic carbocycles. The maximum Gasteiger partial charge on any atom is 0.0562 e. The Labute approximate surface area is 333 Å². The number of thiophene rings is 1. The number of benzene rings is 9. The van der Waals surface area contributed by atoms with E-state index >= 15 is 0 Å². The molecule has 2 nitrogen and oxygen atoms in total. The van der Waals surface area contributed by atoms with Crippen LogP contribution in [0, 0.1) is 0 Å². The van der Waals surface area contributed by atoms with Gasteiger partial charge in [-0.05, 0) is 94.0 Å². The van der Waals surface area contributed by atoms with E-state index in [-0.39, 0.29) is 0 Å². The first-order chi connectivity index (χ1) is 28.3. The van der Waals surface area contributed by atoms with Gasteiger partial charge in [0.05, 0.1) is 22.1 Å². The second kappa shape index (κ2) is 12.7. The Bertz CT molecular complexity index is 3480. The Morgan fingerprint density at radius 2 is 0.825 bits per heavy atom. The first-order valence-electron chi connectivity index (χ1n) is 19.5. The molecule has 0 saturated heterocycles. The molecule has 0 spiro atoms. The number of rotatable bonds is 5. The molecule has 57 heavy (non-hydrogen) atoms. The standard InChI is InChI=1S/C54H34N2S/c1-4-13-35(14-5-1)38-26-30-49-46(31-38)48-33-47-43-29-25-39(36-15-6-2-7-16-36)32-50(43)56(40-17-8-3-9-18-40)51(47)34-52(48)55(49)41-27-23-37(24-28-41)42-20-12-21-45-44-19-10-11-22-53(44)57-54(42)45/h1-34H. The Morgan fingerprint density at radius 3 is 1.58 bits per heavy atom. The molecule has 0 N–H and O–H groups in total. The number of hydrogen-bond acceptors (Lipinski definition) is 1. The first-order valence-corrected chi connectivity index (χ1v) is 20.3. The van der Waals surface area contributed by atoms with Crippen molar-refractivity contribution in [1.29, 1.82) is 0 Å². The summed E-state index contributed by atoms with van der Waals surface area (Å²) in [5.74, 6) is 0. The summed E-state index contributed by atoms with van der Waals surface area (Å²) in [6.45, 7) is 0. The van der Waals surface area contributed by atoms with Crippen molar-refractivity contribution >= 4 is 75.1 Å². The molecular weight excluding hydrogens is 709 g/mol. The van der Waals surface area contributed by atoms with E-state index in [0.717, 1.165) is 11.4 Å². The summed E-state index contributed by atoms with van der Waals surface area (Å²) in [5, 5.41) is 7.63. The SMILES string of the molecule is c1ccc(-c2ccc3c(c2)c2cc4c5ccc(-c6ccccc6)cc5n(-c5ccccc5)c4cc2n3-c2ccc(-c3cccc4c3sc3ccccc34)cc2)cc1. The zero-order chi connectivity index (χ0) is 37.5. The summed E-state index contributed by atoms with van der Waals surface area (Å²) >= 11 is 1.88. The van der Waals surface area contributed by atoms with Crippen molar-refractivity contribution in [3.05, 3.63) is 206 Å². The minimum atomic E-state index is 1.14. The van der Waals surface area contributed by atoms with Crippen LogP contribution < -0.4 is 0 Å². The average Bonchev–Trinajstić information content (AvgIpc) is 3.93. The molecule has 3 heterocycles. The highest BCUT2D eigenvalue weighted by Gasteiger charge is 2.20. The number of para-hydroxylation sites is 1. The largest absolute Gasteiger partial charge is 0.309 e. The first kappa shape index (κ1) is 32.1. The summed E-state index contributed by atoms with van der Waals surface area (Å²) in [6, 6.07) is 75.7. The number of hydrogen-bond donors (Lipinski definition) is 0. The smallest absolute Gasteiger partial charge is 0.0562 e. The summed E-state index contributed by atoms with van der Waals surface area (Å²) in [7, 11) is 0. The molecule has 266 valence electrons. The maximum absolute atomic E-state index is 2.46. The van der Waals surface area contributed by atoms with E-state index in [2.05, 4.69) is 215 Å². The maximum atomic E-state index is 2.46. The lowest BCUT2D eigenvalue weighted by atomic mass is 10.0. The van der Waals surface area contributed by atoms with Gasteiger partial charge in [0, 0.05) is 53.1 Å². The van der Waals surface area contributed by atoms with Gasteiger partial charge in [0.2, 0.25) is 0 Å². The number of aromatic nitrogens is 2. The zero-order valence-corrected chi connectivity index (χ0v) is 31.7. The van der Waals surface area contributed by atoms with Gasteiger partial charge < -0.3 is 9.13 Å². The molecule has 0 radical (unpaired) electrons. The van der Waals surface area contributed by atoms with E-state index in [4.69, 9.17) is 0 Å². The Balaban J connectivity index is 1.12. The second-order valence-electron chi connectivity index (χ2n) is 14.9. The van der Waals surface area contributed by atoms with Crippen LogP contribution >= 0.6 is 11.3 Å². The van der Waals surface area contributed by atoms with Crippen LogP contribution in [-0.4, -0.2) is 9.13 Å². The van der Waals surface area contributed by atoms with Gasteiger partial charge in [-0.15, -0.1) is 11.3 Å². The van der Waals surface area contributed by atoms with E-state index in [9.17, 15) is 0 Å². The predicted molar refractivity (Wildman–Crippen MR) is 244 cm³/mol. The Hall–Kier alpha value is -7.20. The molecule has 9 aromatic carbocycles. The van der Waals surface area contributed by atoms with Crippen LogP contribution in [0.4, 0.5) is 0 Å². The fraction of sp³-hybridized carbons (Fsp3) is 0. The molecule has 0 aliphatic heterocycles. The van der Waals surface area contributed by atoms with Crippen LogP contribution in [0.1, 0.15) is 0 Å². The summed E-state index contributed by atoms with van der Waals surface area (Å²) in [6.07, 6.45) is 0. The lowest BCUT2D eigenvalue weighted by molar-refractivity contribution is 1.16. The van der Waals surface area contributed by atoms with E-state index in [0.29, 0.717) is 0 Å². The van der Waals surface area contributed by atoms with Gasteiger partial charge in [0.15, 0.2) is 0 Å². The van der Waals surface area contributed by atoms with E-state index in [1.807, 2.05) is 11.3 Å². The van der Waals surface area contributed by atoms with Crippen LogP contribution in [0.2, 0.25) is 0 Å². The van der Waals surface area contributed by atoms with Crippen LogP contribution in [0.25, 0.3) is 109 Å². The second-order valence-corrected chi connectivity index (χ2v) is 16.0. The third-order valence-corrected chi connectivity index (χ3v) is 12.9. The van der Waals surface area contributed by atoms with Crippen LogP contribution in [0.15, 0.2) is 206 Å². The summed E-state index contributed by atoms with van der Waals surface area (Å²) in [5.41, 5.74) is 14.4. The molecule has 0 atom stereocenters. The Kier molecular flexibility index (Phi) is 7.13. The van der Waals surface area contributed by atoms with Crippen molar-refractivity contribution in [1.82, 2.24) is 9.13 Å². The molecule has 3 heteroatoms. The van der Waals surface area contributed by atoms with E-state index < -0.39 is 0 Å². The summed E-state index contributed by atoms with van der Waals surface area (Å²) < 4.78 is 7.57. The number of nitrogens with zero attached hydrogens (tertiary/aromatic N) is 2. The van der Waals surface area contributed by atoms with Gasteiger partial charge in [-0.3, -0.25) is 0 Å². The topological polar surface area (TPSA) is 9.86 Å². The lowest BCUT2D eigenvalue weighted by Crippen LogP contribution is -1.96. The highest BCUT2D eigenvalue weighted by Crippen LogP contribution is 2.43. The third-order valence-electron chi connectivity index (χ3n) is 11.7. The van der Waals surface area contributed by atoms with Crippen LogP contribution in [0.5, 0.6) is 0 Å². The molecule has 0 unspecified atom stereocenters. The van der Waals surface area contributed by atoms with Gasteiger partial charge >= 0.3 is 0 Å². The van der Waals surface area contributed by atoms with Crippen molar-refractivity contribution in [2.75, 3.05) is 0 Å². The van der Waals surface area contributed by atoms with Crippen molar-refractivity contribution in [2.45, 2.75) is 0 Å². The quantitative estimate of drug-likeness (QED) is 0.166. The fourth-order valence-electron chi connectivity index (χ4n) is 9.05. The average molecular weight is 743 g/mol. The third kappa shape index (κ3) is 5.03. The van der Waals surface area contributed by atoms with E-state index in [1.165, 1.54) is 97.2 Å². The molecule has 3 aromatic heterocycles. The molecule has 0 aliphatic rings. The lowest BCUT2D eigenvalue weighted by Gasteiger charge is -2.12. The van der Waals surface area contributed by atoms with E-state index in [1.54, 1.807) is 0 Å². The minimum Gasteiger partial charge on any atom is -0.309 e. The van der Waals surface area contributed by atoms with Gasteiger partial charge in [-0.1, -0.05) is 146 Å². The molecule has 12 rings (SSSR count). The molecule has 0 saturated carbocycles. The minimum absolute atomic E-state index is 1.14. The van der Waals surface area contributed by atoms with Crippen molar-refractivity contribution in [3.63, 3.8) is 0 Å². The molecule has 12 aromatic rings. The van der Waals surface area contributed by atoms with Gasteiger partial charge in [-0.2, -0.15) is 0 Å². The molecule has 0 fully saturated rings. The summed E-state index contributed by atoms with van der Waals surface area (Å²) in [4.78, 5) is 0. The van der Waals surface area contributed by atoms with Crippen molar-refractivity contribution in [2.24, 2.45) is 0 Å². The molecular formula is C54H34N2S.